The number of ether oxygens (including phenoxy) is 1. The van der Waals surface area contributed by atoms with Gasteiger partial charge in [0, 0.05) is 10.6 Å². The maximum atomic E-state index is 12.2. The Kier molecular flexibility index (Phi) is 5.74. The molecule has 0 saturated heterocycles. The first kappa shape index (κ1) is 17.4. The third-order valence-corrected chi connectivity index (χ3v) is 3.94. The maximum Gasteiger partial charge on any atom is 0.319 e. The van der Waals surface area contributed by atoms with Gasteiger partial charge in [0.05, 0.1) is 23.9 Å². The summed E-state index contributed by atoms with van der Waals surface area (Å²) < 4.78 is 5.35. The smallest absolute Gasteiger partial charge is 0.319 e. The predicted molar refractivity (Wildman–Crippen MR) is 94.8 cm³/mol. The Morgan fingerprint density at radius 3 is 2.61 bits per heavy atom. The molecule has 2 aromatic rings. The second-order valence-corrected chi connectivity index (χ2v) is 6.03. The van der Waals surface area contributed by atoms with Gasteiger partial charge >= 0.3 is 6.03 Å². The molecule has 2 rings (SSSR count). The molecule has 0 radical (unpaired) electrons. The van der Waals surface area contributed by atoms with Crippen molar-refractivity contribution in [2.75, 3.05) is 12.4 Å². The highest BCUT2D eigenvalue weighted by molar-refractivity contribution is 6.35. The summed E-state index contributed by atoms with van der Waals surface area (Å²) in [5, 5.41) is 6.48. The molecular formula is C17H18Cl2N2O2. The Labute approximate surface area is 145 Å². The summed E-state index contributed by atoms with van der Waals surface area (Å²) in [7, 11) is 1.60. The first-order valence-corrected chi connectivity index (χ1v) is 7.83. The lowest BCUT2D eigenvalue weighted by atomic mass is 10.0. The monoisotopic (exact) mass is 352 g/mol. The van der Waals surface area contributed by atoms with Crippen molar-refractivity contribution in [3.63, 3.8) is 0 Å². The lowest BCUT2D eigenvalue weighted by Gasteiger charge is -2.18. The van der Waals surface area contributed by atoms with Crippen molar-refractivity contribution in [1.29, 1.82) is 0 Å². The van der Waals surface area contributed by atoms with E-state index in [2.05, 4.69) is 10.6 Å². The van der Waals surface area contributed by atoms with E-state index in [9.17, 15) is 4.79 Å². The molecule has 0 heterocycles. The fourth-order valence-corrected chi connectivity index (χ4v) is 2.56. The van der Waals surface area contributed by atoms with Gasteiger partial charge in [0.15, 0.2) is 0 Å². The van der Waals surface area contributed by atoms with Crippen LogP contribution < -0.4 is 15.4 Å². The number of halogens is 2. The van der Waals surface area contributed by atoms with E-state index >= 15 is 0 Å². The molecule has 2 aromatic carbocycles. The Hall–Kier alpha value is -1.91. The highest BCUT2D eigenvalue weighted by Gasteiger charge is 2.15. The van der Waals surface area contributed by atoms with Crippen molar-refractivity contribution in [2.45, 2.75) is 19.9 Å². The van der Waals surface area contributed by atoms with Gasteiger partial charge in [-0.3, -0.25) is 0 Å². The van der Waals surface area contributed by atoms with Crippen LogP contribution in [0.5, 0.6) is 5.75 Å². The largest absolute Gasteiger partial charge is 0.496 e. The van der Waals surface area contributed by atoms with Crippen LogP contribution in [0.3, 0.4) is 0 Å². The molecular weight excluding hydrogens is 335 g/mol. The third kappa shape index (κ3) is 4.53. The molecule has 0 aliphatic carbocycles. The quantitative estimate of drug-likeness (QED) is 0.794. The van der Waals surface area contributed by atoms with E-state index in [1.54, 1.807) is 25.3 Å². The fraction of sp³-hybridized carbons (Fsp3) is 0.235. The number of rotatable bonds is 4. The van der Waals surface area contributed by atoms with E-state index in [0.717, 1.165) is 16.9 Å². The van der Waals surface area contributed by atoms with Crippen LogP contribution in [-0.2, 0) is 0 Å². The van der Waals surface area contributed by atoms with Crippen LogP contribution in [0.4, 0.5) is 10.5 Å². The summed E-state index contributed by atoms with van der Waals surface area (Å²) in [6.45, 7) is 3.87. The number of anilines is 1. The third-order valence-electron chi connectivity index (χ3n) is 3.38. The van der Waals surface area contributed by atoms with Crippen molar-refractivity contribution >= 4 is 34.9 Å². The zero-order chi connectivity index (χ0) is 17.0. The SMILES string of the molecule is COc1ccc(C)cc1C(C)NC(=O)Nc1cc(Cl)ccc1Cl. The van der Waals surface area contributed by atoms with Crippen LogP contribution in [0.15, 0.2) is 36.4 Å². The minimum Gasteiger partial charge on any atom is -0.496 e. The second-order valence-electron chi connectivity index (χ2n) is 5.19. The lowest BCUT2D eigenvalue weighted by molar-refractivity contribution is 0.249. The molecule has 122 valence electrons. The van der Waals surface area contributed by atoms with E-state index in [-0.39, 0.29) is 12.1 Å². The van der Waals surface area contributed by atoms with Gasteiger partial charge in [0.1, 0.15) is 5.75 Å². The molecule has 0 fully saturated rings. The van der Waals surface area contributed by atoms with Gasteiger partial charge in [-0.2, -0.15) is 0 Å². The number of hydrogen-bond acceptors (Lipinski definition) is 2. The van der Waals surface area contributed by atoms with Crippen LogP contribution >= 0.6 is 23.2 Å². The zero-order valence-corrected chi connectivity index (χ0v) is 14.6. The summed E-state index contributed by atoms with van der Waals surface area (Å²) >= 11 is 12.0. The van der Waals surface area contributed by atoms with Crippen LogP contribution in [0.1, 0.15) is 24.1 Å². The summed E-state index contributed by atoms with van der Waals surface area (Å²) in [4.78, 5) is 12.2. The highest BCUT2D eigenvalue weighted by Crippen LogP contribution is 2.27. The molecule has 0 aromatic heterocycles. The predicted octanol–water partition coefficient (Wildman–Crippen LogP) is 5.19. The zero-order valence-electron chi connectivity index (χ0n) is 13.1. The first-order valence-electron chi connectivity index (χ1n) is 7.08. The van der Waals surface area contributed by atoms with Gasteiger partial charge in [-0.25, -0.2) is 4.79 Å². The number of nitrogens with one attached hydrogen (secondary N) is 2. The first-order chi connectivity index (χ1) is 10.9. The fourth-order valence-electron chi connectivity index (χ4n) is 2.22. The van der Waals surface area contributed by atoms with Gasteiger partial charge in [0.2, 0.25) is 0 Å². The second kappa shape index (κ2) is 7.57. The Morgan fingerprint density at radius 1 is 1.17 bits per heavy atom. The number of carbonyl (C=O) groups is 1. The van der Waals surface area contributed by atoms with Crippen molar-refractivity contribution in [1.82, 2.24) is 5.32 Å². The number of hydrogen-bond donors (Lipinski definition) is 2. The molecule has 0 bridgehead atoms. The maximum absolute atomic E-state index is 12.2. The molecule has 4 nitrogen and oxygen atoms in total. The van der Waals surface area contributed by atoms with Crippen molar-refractivity contribution in [2.24, 2.45) is 0 Å². The van der Waals surface area contributed by atoms with Crippen LogP contribution in [-0.4, -0.2) is 13.1 Å². The summed E-state index contributed by atoms with van der Waals surface area (Å²) in [6.07, 6.45) is 0. The molecule has 6 heteroatoms. The summed E-state index contributed by atoms with van der Waals surface area (Å²) in [5.41, 5.74) is 2.45. The van der Waals surface area contributed by atoms with E-state index in [1.165, 1.54) is 0 Å². The molecule has 2 N–H and O–H groups in total. The standard InChI is InChI=1S/C17H18Cl2N2O2/c1-10-4-7-16(23-3)13(8-10)11(2)20-17(22)21-15-9-12(18)5-6-14(15)19/h4-9,11H,1-3H3,(H2,20,21,22). The van der Waals surface area contributed by atoms with Crippen LogP contribution in [0.25, 0.3) is 0 Å². The molecule has 0 aliphatic rings. The molecule has 1 unspecified atom stereocenters. The summed E-state index contributed by atoms with van der Waals surface area (Å²) in [5.74, 6) is 0.726. The lowest BCUT2D eigenvalue weighted by Crippen LogP contribution is -2.31. The van der Waals surface area contributed by atoms with E-state index in [1.807, 2.05) is 32.0 Å². The van der Waals surface area contributed by atoms with Crippen LogP contribution in [0.2, 0.25) is 10.0 Å². The number of benzene rings is 2. The number of methoxy groups -OCH3 is 1. The van der Waals surface area contributed by atoms with Gasteiger partial charge in [-0.05, 0) is 38.1 Å². The highest BCUT2D eigenvalue weighted by atomic mass is 35.5. The molecule has 23 heavy (non-hydrogen) atoms. The Balaban J connectivity index is 2.11. The van der Waals surface area contributed by atoms with E-state index in [4.69, 9.17) is 27.9 Å². The molecule has 2 amide bonds. The summed E-state index contributed by atoms with van der Waals surface area (Å²) in [6, 6.07) is 10.1. The van der Waals surface area contributed by atoms with E-state index < -0.39 is 0 Å². The average Bonchev–Trinajstić information content (AvgIpc) is 2.50. The average molecular weight is 353 g/mol. The van der Waals surface area contributed by atoms with Crippen LogP contribution in [0, 0.1) is 6.92 Å². The number of urea groups is 1. The molecule has 0 saturated carbocycles. The number of aryl methyl sites for hydroxylation is 1. The molecule has 0 aliphatic heterocycles. The normalized spacial score (nSPS) is 11.7. The molecule has 0 spiro atoms. The van der Waals surface area contributed by atoms with Gasteiger partial charge in [-0.1, -0.05) is 40.9 Å². The van der Waals surface area contributed by atoms with Gasteiger partial charge < -0.3 is 15.4 Å². The van der Waals surface area contributed by atoms with Gasteiger partial charge in [-0.15, -0.1) is 0 Å². The number of carbonyl (C=O) groups excluding carboxylic acids is 1. The minimum absolute atomic E-state index is 0.234. The Morgan fingerprint density at radius 2 is 1.91 bits per heavy atom. The topological polar surface area (TPSA) is 50.4 Å². The van der Waals surface area contributed by atoms with Crippen molar-refractivity contribution in [3.05, 3.63) is 57.6 Å². The van der Waals surface area contributed by atoms with Crippen molar-refractivity contribution in [3.8, 4) is 5.75 Å². The van der Waals surface area contributed by atoms with Gasteiger partial charge in [0.25, 0.3) is 0 Å². The minimum atomic E-state index is -0.370. The molecule has 1 atom stereocenters. The Bertz CT molecular complexity index is 720. The number of amides is 2. The van der Waals surface area contributed by atoms with E-state index in [0.29, 0.717) is 15.7 Å². The van der Waals surface area contributed by atoms with Crippen molar-refractivity contribution < 1.29 is 9.53 Å².